The number of hydrogen-bond donors (Lipinski definition) is 5. The fourth-order valence-corrected chi connectivity index (χ4v) is 6.46. The highest BCUT2D eigenvalue weighted by atomic mass is 19.4. The zero-order chi connectivity index (χ0) is 33.3. The Morgan fingerprint density at radius 1 is 1.24 bits per heavy atom. The van der Waals surface area contributed by atoms with Crippen LogP contribution in [0.1, 0.15) is 67.4 Å². The fourth-order valence-electron chi connectivity index (χ4n) is 6.46. The molecule has 14 heteroatoms. The number of fused-ring (bicyclic) bond motifs is 2. The number of halogens is 5. The molecule has 2 unspecified atom stereocenters. The zero-order valence-corrected chi connectivity index (χ0v) is 26.0. The molecule has 1 aromatic carbocycles. The number of nitrogens with one attached hydrogen (secondary N) is 3. The summed E-state index contributed by atoms with van der Waals surface area (Å²) in [5.74, 6) is -3.64. The molecule has 1 amide bonds. The Hall–Kier alpha value is -3.91. The fraction of sp³-hybridized carbons (Fsp3) is 0.500. The summed E-state index contributed by atoms with van der Waals surface area (Å²) in [5.41, 5.74) is 2.13. The lowest BCUT2D eigenvalue weighted by Gasteiger charge is -2.30. The molecule has 4 heterocycles. The van der Waals surface area contributed by atoms with Crippen molar-refractivity contribution in [1.82, 2.24) is 20.5 Å². The number of aliphatic hydroxyl groups is 1. The molecule has 9 nitrogen and oxygen atoms in total. The molecule has 0 bridgehead atoms. The lowest BCUT2D eigenvalue weighted by Crippen LogP contribution is -2.38. The number of nitrogen functional groups attached to an aromatic ring is 1. The van der Waals surface area contributed by atoms with Crippen LogP contribution in [0.3, 0.4) is 0 Å². The third-order valence-corrected chi connectivity index (χ3v) is 8.58. The van der Waals surface area contributed by atoms with E-state index in [9.17, 15) is 27.5 Å². The normalized spacial score (nSPS) is 22.2. The van der Waals surface area contributed by atoms with Crippen LogP contribution in [0.2, 0.25) is 0 Å². The second kappa shape index (κ2) is 13.4. The van der Waals surface area contributed by atoms with E-state index in [0.717, 1.165) is 31.9 Å². The lowest BCUT2D eigenvalue weighted by molar-refractivity contribution is -0.137. The molecule has 6 N–H and O–H groups in total. The third-order valence-electron chi connectivity index (χ3n) is 8.58. The number of carbonyl (C=O) groups is 1. The monoisotopic (exact) mass is 650 g/mol. The van der Waals surface area contributed by atoms with Gasteiger partial charge in [-0.05, 0) is 62.8 Å². The van der Waals surface area contributed by atoms with E-state index in [4.69, 9.17) is 10.5 Å². The second-order valence-electron chi connectivity index (χ2n) is 11.9. The van der Waals surface area contributed by atoms with Gasteiger partial charge in [-0.25, -0.2) is 13.8 Å². The molecule has 1 fully saturated rings. The molecule has 0 spiro atoms. The number of aliphatic hydroxyl groups excluding tert-OH is 1. The number of nitrogens with zero attached hydrogens (tertiary/aromatic N) is 2. The van der Waals surface area contributed by atoms with Crippen molar-refractivity contribution in [3.63, 3.8) is 0 Å². The molecule has 46 heavy (non-hydrogen) atoms. The van der Waals surface area contributed by atoms with Crippen LogP contribution in [-0.2, 0) is 6.18 Å². The summed E-state index contributed by atoms with van der Waals surface area (Å²) in [6.45, 7) is 5.90. The number of allylic oxidation sites excluding steroid dienone is 1. The second-order valence-corrected chi connectivity index (χ2v) is 11.9. The predicted molar refractivity (Wildman–Crippen MR) is 164 cm³/mol. The summed E-state index contributed by atoms with van der Waals surface area (Å²) in [4.78, 5) is 19.7. The van der Waals surface area contributed by atoms with E-state index in [1.165, 1.54) is 0 Å². The highest BCUT2D eigenvalue weighted by Crippen LogP contribution is 2.45. The number of nitrogens with two attached hydrogens (primary N) is 1. The van der Waals surface area contributed by atoms with Crippen LogP contribution in [0.15, 0.2) is 29.5 Å². The van der Waals surface area contributed by atoms with Gasteiger partial charge in [-0.1, -0.05) is 19.4 Å². The average Bonchev–Trinajstić information content (AvgIpc) is 3.48. The van der Waals surface area contributed by atoms with Crippen LogP contribution in [0.5, 0.6) is 5.88 Å². The highest BCUT2D eigenvalue weighted by molar-refractivity contribution is 6.03. The summed E-state index contributed by atoms with van der Waals surface area (Å²) in [5, 5.41) is 19.4. The standard InChI is InChI=1S/C32H39F5N6O3/c1-4-6-19-13-16(2)46-31-24(30(45)40-11-10-39-19)29(41-15-18-8-9-23(44)43-12-5-7-22(18)43)27(34)28(42-31)20-14-21(38)26(33)17(3)25(20)32(35,36)37/h8-9,14,16,19,23,39,44H,4-7,10-13,15,38H2,1-3H3,(H,40,45)(H,41,42)/t16-,19?,23?/m0/s1. The summed E-state index contributed by atoms with van der Waals surface area (Å²) >= 11 is 0. The summed E-state index contributed by atoms with van der Waals surface area (Å²) in [6.07, 6.45) is 0.434. The van der Waals surface area contributed by atoms with E-state index in [1.807, 2.05) is 11.8 Å². The highest BCUT2D eigenvalue weighted by Gasteiger charge is 2.40. The molecular formula is C32H39F5N6O3. The minimum Gasteiger partial charge on any atom is -0.474 e. The topological polar surface area (TPSA) is 125 Å². The molecule has 3 atom stereocenters. The summed E-state index contributed by atoms with van der Waals surface area (Å²) < 4.78 is 80.8. The average molecular weight is 651 g/mol. The number of rotatable bonds is 6. The van der Waals surface area contributed by atoms with E-state index in [-0.39, 0.29) is 30.6 Å². The SMILES string of the molecule is CCCC1C[C@H](C)Oc2nc(-c3cc(N)c(F)c(C)c3C(F)(F)F)c(F)c(NCC3=C4CCCN4C(O)C=C3)c2C(=O)NCCN1. The molecule has 1 saturated heterocycles. The number of alkyl halides is 3. The molecule has 5 rings (SSSR count). The molecular weight excluding hydrogens is 611 g/mol. The smallest absolute Gasteiger partial charge is 0.417 e. The third kappa shape index (κ3) is 6.63. The van der Waals surface area contributed by atoms with Gasteiger partial charge in [0.1, 0.15) is 23.3 Å². The first-order valence-electron chi connectivity index (χ1n) is 15.5. The zero-order valence-electron chi connectivity index (χ0n) is 26.0. The van der Waals surface area contributed by atoms with Gasteiger partial charge in [0.05, 0.1) is 23.0 Å². The van der Waals surface area contributed by atoms with Crippen molar-refractivity contribution in [2.75, 3.05) is 37.2 Å². The number of aromatic nitrogens is 1. The number of amides is 1. The van der Waals surface area contributed by atoms with E-state index >= 15 is 4.39 Å². The molecule has 3 aliphatic heterocycles. The van der Waals surface area contributed by atoms with Crippen molar-refractivity contribution in [3.8, 4) is 17.1 Å². The van der Waals surface area contributed by atoms with Gasteiger partial charge in [0.25, 0.3) is 5.91 Å². The van der Waals surface area contributed by atoms with Gasteiger partial charge in [-0.2, -0.15) is 13.2 Å². The Balaban J connectivity index is 1.70. The first-order chi connectivity index (χ1) is 21.8. The van der Waals surface area contributed by atoms with Crippen molar-refractivity contribution in [1.29, 1.82) is 0 Å². The minimum atomic E-state index is -5.09. The number of ether oxygens (including phenoxy) is 1. The van der Waals surface area contributed by atoms with Crippen LogP contribution in [0.25, 0.3) is 11.3 Å². The van der Waals surface area contributed by atoms with E-state index in [1.54, 1.807) is 19.1 Å². The van der Waals surface area contributed by atoms with E-state index in [0.29, 0.717) is 37.6 Å². The number of anilines is 2. The van der Waals surface area contributed by atoms with E-state index < -0.39 is 69.8 Å². The molecule has 1 aromatic heterocycles. The van der Waals surface area contributed by atoms with Crippen molar-refractivity contribution >= 4 is 17.3 Å². The predicted octanol–water partition coefficient (Wildman–Crippen LogP) is 5.25. The maximum atomic E-state index is 16.7. The van der Waals surface area contributed by atoms with Crippen molar-refractivity contribution in [3.05, 3.63) is 57.8 Å². The molecule has 250 valence electrons. The summed E-state index contributed by atoms with van der Waals surface area (Å²) in [6, 6.07) is 0.721. The lowest BCUT2D eigenvalue weighted by atomic mass is 9.95. The van der Waals surface area contributed by atoms with Crippen LogP contribution in [-0.4, -0.2) is 65.5 Å². The quantitative estimate of drug-likeness (QED) is 0.212. The van der Waals surface area contributed by atoms with Gasteiger partial charge < -0.3 is 36.4 Å². The first kappa shape index (κ1) is 33.5. The number of hydrogen-bond acceptors (Lipinski definition) is 8. The summed E-state index contributed by atoms with van der Waals surface area (Å²) in [7, 11) is 0. The van der Waals surface area contributed by atoms with Crippen LogP contribution >= 0.6 is 0 Å². The molecule has 2 aromatic rings. The van der Waals surface area contributed by atoms with Crippen LogP contribution in [0, 0.1) is 18.6 Å². The minimum absolute atomic E-state index is 0.0172. The Labute approximate surface area is 264 Å². The Morgan fingerprint density at radius 3 is 2.72 bits per heavy atom. The van der Waals surface area contributed by atoms with Crippen molar-refractivity contribution in [2.24, 2.45) is 0 Å². The maximum Gasteiger partial charge on any atom is 0.417 e. The van der Waals surface area contributed by atoms with Gasteiger partial charge in [-0.15, -0.1) is 0 Å². The Morgan fingerprint density at radius 2 is 2.00 bits per heavy atom. The van der Waals surface area contributed by atoms with E-state index in [2.05, 4.69) is 20.9 Å². The molecule has 0 saturated carbocycles. The van der Waals surface area contributed by atoms with Crippen LogP contribution in [0.4, 0.5) is 33.3 Å². The number of benzene rings is 1. The van der Waals surface area contributed by atoms with Gasteiger partial charge in [0, 0.05) is 43.5 Å². The maximum absolute atomic E-state index is 16.7. The van der Waals surface area contributed by atoms with Gasteiger partial charge in [0.2, 0.25) is 5.88 Å². The molecule has 0 radical (unpaired) electrons. The van der Waals surface area contributed by atoms with Crippen LogP contribution < -0.4 is 26.4 Å². The number of pyridine rings is 1. The van der Waals surface area contributed by atoms with Crippen molar-refractivity contribution in [2.45, 2.75) is 77.4 Å². The van der Waals surface area contributed by atoms with Gasteiger partial charge in [0.15, 0.2) is 5.82 Å². The number of carbonyl (C=O) groups excluding carboxylic acids is 1. The molecule has 3 aliphatic rings. The van der Waals surface area contributed by atoms with Gasteiger partial charge >= 0.3 is 6.18 Å². The molecule has 0 aliphatic carbocycles. The Bertz CT molecular complexity index is 1560. The first-order valence-corrected chi connectivity index (χ1v) is 15.5. The largest absolute Gasteiger partial charge is 0.474 e. The van der Waals surface area contributed by atoms with Crippen molar-refractivity contribution < 1.29 is 36.6 Å². The Kier molecular flexibility index (Phi) is 9.78. The van der Waals surface area contributed by atoms with Gasteiger partial charge in [-0.3, -0.25) is 4.79 Å².